The molecule has 1 atom stereocenters. The van der Waals surface area contributed by atoms with Gasteiger partial charge in [0.1, 0.15) is 5.58 Å². The lowest BCUT2D eigenvalue weighted by Gasteiger charge is -2.23. The molecule has 2 aromatic heterocycles. The zero-order valence-electron chi connectivity index (χ0n) is 19.6. The smallest absolute Gasteiger partial charge is 0.296 e. The molecule has 0 saturated heterocycles. The summed E-state index contributed by atoms with van der Waals surface area (Å²) in [5, 5.41) is 21.1. The standard InChI is InChI=1S/C28H18ClN3O4S2/c29-19-12-6-4-11-18(19)15-37-28-31-30-27(38-28)32-23(16-8-2-1-3-9-16)22(25(34)26(32)35)24(33)21-14-17-10-5-7-13-20(17)36-21/h1-14,23,34H,15H2. The number of carbonyl (C=O) groups is 2. The van der Waals surface area contributed by atoms with E-state index in [0.29, 0.717) is 26.3 Å². The van der Waals surface area contributed by atoms with Gasteiger partial charge in [-0.1, -0.05) is 101 Å². The Labute approximate surface area is 230 Å². The number of nitrogens with zero attached hydrogens (tertiary/aromatic N) is 3. The Morgan fingerprint density at radius 1 is 1.03 bits per heavy atom. The van der Waals surface area contributed by atoms with E-state index in [9.17, 15) is 14.7 Å². The van der Waals surface area contributed by atoms with Crippen LogP contribution in [0.4, 0.5) is 5.13 Å². The molecule has 0 radical (unpaired) electrons. The van der Waals surface area contributed by atoms with Crippen molar-refractivity contribution in [1.29, 1.82) is 0 Å². The zero-order valence-corrected chi connectivity index (χ0v) is 22.0. The third kappa shape index (κ3) is 4.38. The molecule has 188 valence electrons. The second-order valence-corrected chi connectivity index (χ2v) is 11.0. The highest BCUT2D eigenvalue weighted by molar-refractivity contribution is 8.00. The van der Waals surface area contributed by atoms with Gasteiger partial charge >= 0.3 is 0 Å². The predicted octanol–water partition coefficient (Wildman–Crippen LogP) is 7.01. The maximum Gasteiger partial charge on any atom is 0.296 e. The van der Waals surface area contributed by atoms with Crippen molar-refractivity contribution in [3.8, 4) is 0 Å². The quantitative estimate of drug-likeness (QED) is 0.130. The number of para-hydroxylation sites is 1. The highest BCUT2D eigenvalue weighted by atomic mass is 35.5. The van der Waals surface area contributed by atoms with Crippen LogP contribution in [0.15, 0.2) is 105 Å². The minimum Gasteiger partial charge on any atom is -0.503 e. The molecular formula is C28H18ClN3O4S2. The van der Waals surface area contributed by atoms with Gasteiger partial charge in [0.2, 0.25) is 10.9 Å². The molecule has 1 aliphatic rings. The lowest BCUT2D eigenvalue weighted by atomic mass is 9.95. The first-order chi connectivity index (χ1) is 18.5. The summed E-state index contributed by atoms with van der Waals surface area (Å²) in [4.78, 5) is 28.4. The van der Waals surface area contributed by atoms with E-state index in [1.54, 1.807) is 30.3 Å². The highest BCUT2D eigenvalue weighted by Gasteiger charge is 2.46. The molecule has 0 fully saturated rings. The normalized spacial score (nSPS) is 15.6. The Bertz CT molecular complexity index is 1680. The van der Waals surface area contributed by atoms with E-state index in [-0.39, 0.29) is 16.5 Å². The maximum atomic E-state index is 13.7. The largest absolute Gasteiger partial charge is 0.503 e. The van der Waals surface area contributed by atoms with E-state index in [1.807, 2.05) is 54.6 Å². The number of benzene rings is 3. The monoisotopic (exact) mass is 559 g/mol. The average molecular weight is 560 g/mol. The van der Waals surface area contributed by atoms with Crippen LogP contribution in [0.2, 0.25) is 5.02 Å². The van der Waals surface area contributed by atoms with Crippen molar-refractivity contribution < 1.29 is 19.1 Å². The van der Waals surface area contributed by atoms with Gasteiger partial charge in [-0.15, -0.1) is 10.2 Å². The van der Waals surface area contributed by atoms with Crippen molar-refractivity contribution in [3.63, 3.8) is 0 Å². The molecule has 5 aromatic rings. The number of ketones is 1. The number of hydrogen-bond donors (Lipinski definition) is 1. The summed E-state index contributed by atoms with van der Waals surface area (Å²) in [6, 6.07) is 24.5. The Morgan fingerprint density at radius 2 is 1.76 bits per heavy atom. The predicted molar refractivity (Wildman–Crippen MR) is 148 cm³/mol. The van der Waals surface area contributed by atoms with Crippen LogP contribution in [0, 0.1) is 0 Å². The van der Waals surface area contributed by atoms with Crippen LogP contribution in [0.25, 0.3) is 11.0 Å². The summed E-state index contributed by atoms with van der Waals surface area (Å²) >= 11 is 8.91. The molecule has 3 heterocycles. The first kappa shape index (κ1) is 24.4. The molecule has 1 unspecified atom stereocenters. The van der Waals surface area contributed by atoms with E-state index >= 15 is 0 Å². The van der Waals surface area contributed by atoms with E-state index in [1.165, 1.54) is 28.0 Å². The average Bonchev–Trinajstić information content (AvgIpc) is 3.65. The summed E-state index contributed by atoms with van der Waals surface area (Å²) in [7, 11) is 0. The zero-order chi connectivity index (χ0) is 26.2. The molecule has 0 bridgehead atoms. The van der Waals surface area contributed by atoms with Crippen molar-refractivity contribution in [2.24, 2.45) is 0 Å². The second kappa shape index (κ2) is 10.1. The summed E-state index contributed by atoms with van der Waals surface area (Å²) in [6.45, 7) is 0. The van der Waals surface area contributed by atoms with Crippen molar-refractivity contribution in [2.45, 2.75) is 16.1 Å². The molecule has 1 amide bonds. The fraction of sp³-hybridized carbons (Fsp3) is 0.0714. The third-order valence-corrected chi connectivity index (χ3v) is 8.60. The van der Waals surface area contributed by atoms with Crippen LogP contribution in [0.3, 0.4) is 0 Å². The Morgan fingerprint density at radius 3 is 2.55 bits per heavy atom. The van der Waals surface area contributed by atoms with E-state index in [2.05, 4.69) is 10.2 Å². The van der Waals surface area contributed by atoms with Crippen LogP contribution < -0.4 is 4.90 Å². The number of hydrogen-bond acceptors (Lipinski definition) is 8. The van der Waals surface area contributed by atoms with Gasteiger partial charge in [0.15, 0.2) is 15.9 Å². The number of fused-ring (bicyclic) bond motifs is 1. The molecule has 38 heavy (non-hydrogen) atoms. The van der Waals surface area contributed by atoms with Gasteiger partial charge in [0.25, 0.3) is 5.91 Å². The SMILES string of the molecule is O=C(C1=C(O)C(=O)N(c2nnc(SCc3ccccc3Cl)s2)C1c1ccccc1)c1cc2ccccc2o1. The van der Waals surface area contributed by atoms with E-state index in [0.717, 1.165) is 10.9 Å². The van der Waals surface area contributed by atoms with Crippen LogP contribution in [-0.4, -0.2) is 27.0 Å². The molecule has 0 saturated carbocycles. The van der Waals surface area contributed by atoms with Gasteiger partial charge in [-0.25, -0.2) is 0 Å². The number of halogens is 1. The first-order valence-corrected chi connectivity index (χ1v) is 13.7. The maximum absolute atomic E-state index is 13.7. The van der Waals surface area contributed by atoms with Crippen molar-refractivity contribution >= 4 is 62.5 Å². The number of rotatable bonds is 7. The Kier molecular flexibility index (Phi) is 6.49. The minimum atomic E-state index is -0.904. The highest BCUT2D eigenvalue weighted by Crippen LogP contribution is 2.44. The summed E-state index contributed by atoms with van der Waals surface area (Å²) in [6.07, 6.45) is 0. The molecule has 1 aliphatic heterocycles. The van der Waals surface area contributed by atoms with Gasteiger partial charge in [0.05, 0.1) is 11.6 Å². The summed E-state index contributed by atoms with van der Waals surface area (Å²) in [5.41, 5.74) is 2.07. The molecule has 10 heteroatoms. The van der Waals surface area contributed by atoms with E-state index in [4.69, 9.17) is 16.0 Å². The first-order valence-electron chi connectivity index (χ1n) is 11.6. The Balaban J connectivity index is 1.35. The number of furan rings is 1. The van der Waals surface area contributed by atoms with Crippen LogP contribution in [0.5, 0.6) is 0 Å². The molecular weight excluding hydrogens is 542 g/mol. The lowest BCUT2D eigenvalue weighted by Crippen LogP contribution is -2.31. The molecule has 0 aliphatic carbocycles. The van der Waals surface area contributed by atoms with Crippen LogP contribution >= 0.6 is 34.7 Å². The topological polar surface area (TPSA) is 96.5 Å². The number of anilines is 1. The van der Waals surface area contributed by atoms with Crippen molar-refractivity contribution in [2.75, 3.05) is 4.90 Å². The number of aliphatic hydroxyl groups is 1. The van der Waals surface area contributed by atoms with Gasteiger partial charge in [-0.05, 0) is 29.3 Å². The fourth-order valence-electron chi connectivity index (χ4n) is 4.32. The summed E-state index contributed by atoms with van der Waals surface area (Å²) in [5.74, 6) is -1.32. The number of aliphatic hydroxyl groups excluding tert-OH is 1. The molecule has 1 N–H and O–H groups in total. The van der Waals surface area contributed by atoms with Gasteiger partial charge in [-0.2, -0.15) is 0 Å². The van der Waals surface area contributed by atoms with E-state index < -0.39 is 23.5 Å². The Hall–Kier alpha value is -3.92. The number of thioether (sulfide) groups is 1. The molecule has 6 rings (SSSR count). The lowest BCUT2D eigenvalue weighted by molar-refractivity contribution is -0.117. The minimum absolute atomic E-state index is 0.0385. The van der Waals surface area contributed by atoms with Gasteiger partial charge in [-0.3, -0.25) is 14.5 Å². The fourth-order valence-corrected chi connectivity index (χ4v) is 6.48. The van der Waals surface area contributed by atoms with Crippen LogP contribution in [-0.2, 0) is 10.5 Å². The third-order valence-electron chi connectivity index (χ3n) is 6.13. The number of carbonyl (C=O) groups excluding carboxylic acids is 2. The number of amides is 1. The molecule has 3 aromatic carbocycles. The van der Waals surface area contributed by atoms with Gasteiger partial charge in [0, 0.05) is 16.2 Å². The summed E-state index contributed by atoms with van der Waals surface area (Å²) < 4.78 is 6.40. The second-order valence-electron chi connectivity index (χ2n) is 8.46. The molecule has 0 spiro atoms. The molecule has 7 nitrogen and oxygen atoms in total. The van der Waals surface area contributed by atoms with Crippen molar-refractivity contribution in [3.05, 3.63) is 118 Å². The number of aromatic nitrogens is 2. The van der Waals surface area contributed by atoms with Gasteiger partial charge < -0.3 is 9.52 Å². The van der Waals surface area contributed by atoms with Crippen molar-refractivity contribution in [1.82, 2.24) is 10.2 Å². The van der Waals surface area contributed by atoms with Crippen LogP contribution in [0.1, 0.15) is 27.7 Å². The number of Topliss-reactive ketones (excluding diaryl/α,β-unsaturated/α-hetero) is 1.